The van der Waals surface area contributed by atoms with Crippen molar-refractivity contribution in [2.45, 2.75) is 83.5 Å². The number of carbonyl (C=O) groups is 2. The van der Waals surface area contributed by atoms with Gasteiger partial charge in [-0.3, -0.25) is 4.79 Å². The highest BCUT2D eigenvalue weighted by atomic mass is 28.4. The van der Waals surface area contributed by atoms with Gasteiger partial charge in [0.2, 0.25) is 0 Å². The predicted octanol–water partition coefficient (Wildman–Crippen LogP) is 4.30. The lowest BCUT2D eigenvalue weighted by Crippen LogP contribution is -2.72. The van der Waals surface area contributed by atoms with Crippen molar-refractivity contribution in [3.8, 4) is 5.75 Å². The van der Waals surface area contributed by atoms with Gasteiger partial charge in [0, 0.05) is 12.1 Å². The second-order valence-electron chi connectivity index (χ2n) is 11.1. The van der Waals surface area contributed by atoms with Crippen molar-refractivity contribution in [3.63, 3.8) is 0 Å². The molecular formula is C26H41NO6Si. The van der Waals surface area contributed by atoms with E-state index >= 15 is 0 Å². The van der Waals surface area contributed by atoms with Crippen LogP contribution in [0.2, 0.25) is 18.1 Å². The minimum Gasteiger partial charge on any atom is -0.497 e. The molecule has 1 heterocycles. The SMILES string of the molecule is C=C1C(=O)N(Cc2ccc(OC)cc2)[C@](C(=O)OC)([C@@H](O[Si](C)(C)C(C)(C)C)C(C)C)[C@@]1(C)O. The van der Waals surface area contributed by atoms with E-state index in [4.69, 9.17) is 13.9 Å². The molecule has 3 atom stereocenters. The molecule has 1 saturated heterocycles. The fourth-order valence-corrected chi connectivity index (χ4v) is 5.77. The van der Waals surface area contributed by atoms with E-state index in [9.17, 15) is 14.7 Å². The third kappa shape index (κ3) is 4.43. The van der Waals surface area contributed by atoms with Crippen LogP contribution in [0, 0.1) is 5.92 Å². The Hall–Kier alpha value is -2.16. The topological polar surface area (TPSA) is 85.3 Å². The molecule has 7 nitrogen and oxygen atoms in total. The number of likely N-dealkylation sites (tertiary alicyclic amines) is 1. The molecule has 1 aromatic carbocycles. The summed E-state index contributed by atoms with van der Waals surface area (Å²) < 4.78 is 17.4. The molecule has 0 aromatic heterocycles. The summed E-state index contributed by atoms with van der Waals surface area (Å²) in [6.07, 6.45) is -0.836. The van der Waals surface area contributed by atoms with Crippen molar-refractivity contribution >= 4 is 20.2 Å². The number of carbonyl (C=O) groups excluding carboxylic acids is 2. The Labute approximate surface area is 205 Å². The van der Waals surface area contributed by atoms with Crippen molar-refractivity contribution in [1.29, 1.82) is 0 Å². The molecular weight excluding hydrogens is 450 g/mol. The average Bonchev–Trinajstić information content (AvgIpc) is 2.89. The molecule has 2 rings (SSSR count). The number of nitrogens with zero attached hydrogens (tertiary/aromatic N) is 1. The second kappa shape index (κ2) is 9.47. The van der Waals surface area contributed by atoms with Crippen LogP contribution in [0.25, 0.3) is 0 Å². The number of rotatable bonds is 8. The number of hydrogen-bond donors (Lipinski definition) is 1. The molecule has 1 aliphatic heterocycles. The fraction of sp³-hybridized carbons (Fsp3) is 0.615. The van der Waals surface area contributed by atoms with Gasteiger partial charge in [-0.25, -0.2) is 4.79 Å². The summed E-state index contributed by atoms with van der Waals surface area (Å²) in [5.74, 6) is -0.781. The van der Waals surface area contributed by atoms with Crippen LogP contribution in [0.1, 0.15) is 47.1 Å². The molecule has 34 heavy (non-hydrogen) atoms. The van der Waals surface area contributed by atoms with E-state index in [2.05, 4.69) is 40.4 Å². The first-order valence-electron chi connectivity index (χ1n) is 11.6. The van der Waals surface area contributed by atoms with Gasteiger partial charge in [-0.2, -0.15) is 0 Å². The normalized spacial score (nSPS) is 24.5. The van der Waals surface area contributed by atoms with Gasteiger partial charge in [0.1, 0.15) is 11.4 Å². The van der Waals surface area contributed by atoms with Gasteiger partial charge in [-0.1, -0.05) is 53.3 Å². The lowest BCUT2D eigenvalue weighted by molar-refractivity contribution is -0.185. The molecule has 1 amide bonds. The van der Waals surface area contributed by atoms with Gasteiger partial charge in [0.25, 0.3) is 5.91 Å². The van der Waals surface area contributed by atoms with E-state index in [1.54, 1.807) is 19.2 Å². The Morgan fingerprint density at radius 2 is 1.71 bits per heavy atom. The van der Waals surface area contributed by atoms with Gasteiger partial charge < -0.3 is 23.9 Å². The summed E-state index contributed by atoms with van der Waals surface area (Å²) in [6, 6.07) is 7.22. The number of hydrogen-bond acceptors (Lipinski definition) is 6. The Balaban J connectivity index is 2.78. The van der Waals surface area contributed by atoms with Gasteiger partial charge >= 0.3 is 5.97 Å². The number of benzene rings is 1. The highest BCUT2D eigenvalue weighted by molar-refractivity contribution is 6.74. The maximum absolute atomic E-state index is 13.7. The van der Waals surface area contributed by atoms with Crippen LogP contribution >= 0.6 is 0 Å². The smallest absolute Gasteiger partial charge is 0.337 e. The van der Waals surface area contributed by atoms with Crippen LogP contribution in [0.4, 0.5) is 0 Å². The molecule has 190 valence electrons. The summed E-state index contributed by atoms with van der Waals surface area (Å²) in [6.45, 7) is 19.8. The third-order valence-corrected chi connectivity index (χ3v) is 12.0. The molecule has 0 saturated carbocycles. The number of methoxy groups -OCH3 is 2. The van der Waals surface area contributed by atoms with Gasteiger partial charge in [-0.15, -0.1) is 0 Å². The van der Waals surface area contributed by atoms with Crippen molar-refractivity contribution < 1.29 is 28.6 Å². The number of ether oxygens (including phenoxy) is 2. The van der Waals surface area contributed by atoms with E-state index in [0.29, 0.717) is 5.75 Å². The molecule has 1 fully saturated rings. The molecule has 0 spiro atoms. The first-order chi connectivity index (χ1) is 15.5. The number of aliphatic hydroxyl groups is 1. The van der Waals surface area contributed by atoms with Crippen LogP contribution < -0.4 is 4.74 Å². The van der Waals surface area contributed by atoms with Gasteiger partial charge in [-0.05, 0) is 48.7 Å². The predicted molar refractivity (Wildman–Crippen MR) is 135 cm³/mol. The largest absolute Gasteiger partial charge is 0.497 e. The molecule has 0 bridgehead atoms. The minimum atomic E-state index is -2.45. The van der Waals surface area contributed by atoms with Gasteiger partial charge in [0.05, 0.1) is 20.3 Å². The molecule has 8 heteroatoms. The third-order valence-electron chi connectivity index (χ3n) is 7.50. The Morgan fingerprint density at radius 3 is 2.12 bits per heavy atom. The molecule has 0 radical (unpaired) electrons. The maximum atomic E-state index is 13.7. The fourth-order valence-electron chi connectivity index (χ4n) is 4.34. The van der Waals surface area contributed by atoms with Crippen molar-refractivity contribution in [2.75, 3.05) is 14.2 Å². The van der Waals surface area contributed by atoms with Crippen LogP contribution in [0.15, 0.2) is 36.4 Å². The zero-order valence-corrected chi connectivity index (χ0v) is 23.3. The highest BCUT2D eigenvalue weighted by Crippen LogP contribution is 2.51. The Bertz CT molecular complexity index is 932. The molecule has 1 N–H and O–H groups in total. The number of amides is 1. The second-order valence-corrected chi connectivity index (χ2v) is 15.8. The first kappa shape index (κ1) is 28.1. The van der Waals surface area contributed by atoms with E-state index in [-0.39, 0.29) is 23.1 Å². The van der Waals surface area contributed by atoms with Crippen molar-refractivity contribution in [1.82, 2.24) is 4.90 Å². The van der Waals surface area contributed by atoms with Crippen molar-refractivity contribution in [2.24, 2.45) is 5.92 Å². The molecule has 1 aliphatic rings. The van der Waals surface area contributed by atoms with Crippen LogP contribution in [-0.4, -0.2) is 61.7 Å². The highest BCUT2D eigenvalue weighted by Gasteiger charge is 2.72. The van der Waals surface area contributed by atoms with Gasteiger partial charge in [0.15, 0.2) is 13.9 Å². The Morgan fingerprint density at radius 1 is 1.18 bits per heavy atom. The quantitative estimate of drug-likeness (QED) is 0.331. The Kier molecular flexibility index (Phi) is 7.82. The summed E-state index contributed by atoms with van der Waals surface area (Å²) in [7, 11) is 0.395. The minimum absolute atomic E-state index is 0.0594. The summed E-state index contributed by atoms with van der Waals surface area (Å²) in [4.78, 5) is 28.7. The van der Waals surface area contributed by atoms with Crippen molar-refractivity contribution in [3.05, 3.63) is 42.0 Å². The summed E-state index contributed by atoms with van der Waals surface area (Å²) in [5, 5.41) is 11.7. The zero-order valence-electron chi connectivity index (χ0n) is 22.3. The lowest BCUT2D eigenvalue weighted by atomic mass is 9.72. The maximum Gasteiger partial charge on any atom is 0.337 e. The molecule has 0 unspecified atom stereocenters. The molecule has 1 aromatic rings. The standard InChI is InChI=1S/C26H41NO6Si/c1-17(2)21(33-34(10,11)24(4,5)6)26(23(29)32-9)25(7,30)18(3)22(28)27(26)16-19-12-14-20(31-8)15-13-19/h12-15,17,21,30H,3,16H2,1-2,4-11H3/t21-,25-,26-/m0/s1. The lowest BCUT2D eigenvalue weighted by Gasteiger charge is -2.52. The summed E-state index contributed by atoms with van der Waals surface area (Å²) in [5.41, 5.74) is -3.03. The van der Waals surface area contributed by atoms with Crippen LogP contribution in [-0.2, 0) is 25.3 Å². The number of esters is 1. The summed E-state index contributed by atoms with van der Waals surface area (Å²) >= 11 is 0. The zero-order chi connectivity index (χ0) is 26.3. The monoisotopic (exact) mass is 491 g/mol. The van der Waals surface area contributed by atoms with E-state index in [1.807, 2.05) is 26.0 Å². The van der Waals surface area contributed by atoms with Crippen LogP contribution in [0.3, 0.4) is 0 Å². The van der Waals surface area contributed by atoms with E-state index < -0.39 is 37.4 Å². The van der Waals surface area contributed by atoms with Crippen LogP contribution in [0.5, 0.6) is 5.75 Å². The average molecular weight is 492 g/mol. The first-order valence-corrected chi connectivity index (χ1v) is 14.5. The van der Waals surface area contributed by atoms with E-state index in [0.717, 1.165) is 5.56 Å². The van der Waals surface area contributed by atoms with E-state index in [1.165, 1.54) is 18.9 Å². The molecule has 0 aliphatic carbocycles.